The lowest BCUT2D eigenvalue weighted by Gasteiger charge is -2.12. The van der Waals surface area contributed by atoms with Crippen LogP contribution in [0.25, 0.3) is 22.4 Å². The van der Waals surface area contributed by atoms with Gasteiger partial charge in [0.1, 0.15) is 12.4 Å². The van der Waals surface area contributed by atoms with Crippen molar-refractivity contribution in [1.29, 1.82) is 0 Å². The minimum absolute atomic E-state index is 0.142. The highest BCUT2D eigenvalue weighted by Crippen LogP contribution is 2.31. The lowest BCUT2D eigenvalue weighted by molar-refractivity contribution is -0.143. The molecule has 0 atom stereocenters. The van der Waals surface area contributed by atoms with Crippen LogP contribution in [0.15, 0.2) is 79.1 Å². The molecule has 0 fully saturated rings. The zero-order valence-electron chi connectivity index (χ0n) is 17.5. The summed E-state index contributed by atoms with van der Waals surface area (Å²) in [5.41, 5.74) is 3.56. The number of aromatic nitrogens is 3. The summed E-state index contributed by atoms with van der Waals surface area (Å²) < 4.78 is 12.8. The van der Waals surface area contributed by atoms with Crippen LogP contribution in [0.1, 0.15) is 24.6 Å². The molecule has 0 aliphatic carbocycles. The van der Waals surface area contributed by atoms with Gasteiger partial charge < -0.3 is 9.47 Å². The molecule has 2 aromatic heterocycles. The molecule has 4 rings (SSSR count). The molecule has 0 radical (unpaired) electrons. The van der Waals surface area contributed by atoms with Crippen molar-refractivity contribution >= 4 is 22.4 Å². The van der Waals surface area contributed by atoms with Crippen LogP contribution in [-0.2, 0) is 16.1 Å². The summed E-state index contributed by atoms with van der Waals surface area (Å²) in [5, 5.41) is 0.971. The van der Waals surface area contributed by atoms with E-state index >= 15 is 0 Å². The van der Waals surface area contributed by atoms with Gasteiger partial charge in [-0.2, -0.15) is 0 Å². The van der Waals surface area contributed by atoms with E-state index in [1.165, 1.54) is 0 Å². The van der Waals surface area contributed by atoms with E-state index in [4.69, 9.17) is 9.47 Å². The average molecular weight is 413 g/mol. The molecule has 0 spiro atoms. The zero-order valence-corrected chi connectivity index (χ0v) is 17.5. The molecule has 0 saturated heterocycles. The van der Waals surface area contributed by atoms with Gasteiger partial charge in [-0.15, -0.1) is 0 Å². The Morgan fingerprint density at radius 1 is 1.03 bits per heavy atom. The monoisotopic (exact) mass is 413 g/mol. The van der Waals surface area contributed by atoms with Crippen LogP contribution in [0.5, 0.6) is 5.75 Å². The Hall–Kier alpha value is -3.93. The highest BCUT2D eigenvalue weighted by atomic mass is 16.5. The first-order chi connectivity index (χ1) is 15.2. The number of ether oxygens (including phenoxy) is 2. The number of esters is 1. The number of rotatable bonds is 7. The predicted molar refractivity (Wildman–Crippen MR) is 120 cm³/mol. The molecule has 2 aromatic carbocycles. The highest BCUT2D eigenvalue weighted by molar-refractivity contribution is 5.92. The quantitative estimate of drug-likeness (QED) is 0.400. The molecule has 0 bridgehead atoms. The van der Waals surface area contributed by atoms with Gasteiger partial charge in [-0.25, -0.2) is 9.97 Å². The molecule has 0 aliphatic heterocycles. The Morgan fingerprint density at radius 3 is 2.52 bits per heavy atom. The molecule has 4 aromatic rings. The first kappa shape index (κ1) is 20.3. The van der Waals surface area contributed by atoms with Gasteiger partial charge in [0, 0.05) is 17.8 Å². The van der Waals surface area contributed by atoms with Crippen molar-refractivity contribution in [3.63, 3.8) is 0 Å². The van der Waals surface area contributed by atoms with Crippen LogP contribution in [0, 0.1) is 0 Å². The van der Waals surface area contributed by atoms with E-state index in [0.717, 1.165) is 33.5 Å². The Balaban J connectivity index is 1.67. The Kier molecular flexibility index (Phi) is 6.08. The smallest absolute Gasteiger partial charge is 0.310 e. The normalized spacial score (nSPS) is 11.5. The van der Waals surface area contributed by atoms with Gasteiger partial charge in [0.05, 0.1) is 24.7 Å². The maximum atomic E-state index is 12.6. The van der Waals surface area contributed by atoms with Gasteiger partial charge >= 0.3 is 5.97 Å². The second-order valence-electron chi connectivity index (χ2n) is 6.98. The second-order valence-corrected chi connectivity index (χ2v) is 6.98. The van der Waals surface area contributed by atoms with E-state index < -0.39 is 0 Å². The van der Waals surface area contributed by atoms with E-state index in [1.54, 1.807) is 25.6 Å². The predicted octanol–water partition coefficient (Wildman–Crippen LogP) is 4.97. The minimum atomic E-state index is -0.291. The summed E-state index contributed by atoms with van der Waals surface area (Å²) in [6, 6.07) is 19.3. The lowest BCUT2D eigenvalue weighted by Crippen LogP contribution is -2.09. The molecule has 0 aliphatic rings. The van der Waals surface area contributed by atoms with Gasteiger partial charge in [0.2, 0.25) is 5.95 Å². The number of methoxy groups -OCH3 is 1. The Labute approximate surface area is 180 Å². The van der Waals surface area contributed by atoms with E-state index in [2.05, 4.69) is 9.97 Å². The van der Waals surface area contributed by atoms with Crippen LogP contribution >= 0.6 is 0 Å². The van der Waals surface area contributed by atoms with E-state index in [1.807, 2.05) is 72.2 Å². The number of carbonyl (C=O) groups excluding carboxylic acids is 1. The number of allylic oxidation sites excluding steroid dienone is 1. The Bertz CT molecular complexity index is 1210. The highest BCUT2D eigenvalue weighted by Gasteiger charge is 2.18. The third-order valence-corrected chi connectivity index (χ3v) is 5.02. The van der Waals surface area contributed by atoms with Crippen molar-refractivity contribution < 1.29 is 14.3 Å². The fourth-order valence-electron chi connectivity index (χ4n) is 3.46. The molecule has 2 heterocycles. The molecule has 156 valence electrons. The summed E-state index contributed by atoms with van der Waals surface area (Å²) in [7, 11) is 1.64. The number of carbonyl (C=O) groups is 1. The van der Waals surface area contributed by atoms with Crippen LogP contribution in [0.2, 0.25) is 0 Å². The van der Waals surface area contributed by atoms with Crippen LogP contribution in [0.3, 0.4) is 0 Å². The van der Waals surface area contributed by atoms with Crippen molar-refractivity contribution in [2.45, 2.75) is 20.0 Å². The van der Waals surface area contributed by atoms with Crippen molar-refractivity contribution in [3.8, 4) is 11.7 Å². The molecular formula is C25H23N3O3. The molecule has 0 N–H and O–H groups in total. The van der Waals surface area contributed by atoms with Gasteiger partial charge in [-0.1, -0.05) is 36.4 Å². The number of hydrogen-bond donors (Lipinski definition) is 0. The maximum Gasteiger partial charge on any atom is 0.310 e. The van der Waals surface area contributed by atoms with E-state index in [-0.39, 0.29) is 19.0 Å². The molecule has 0 saturated carbocycles. The molecule has 31 heavy (non-hydrogen) atoms. The molecule has 0 amide bonds. The summed E-state index contributed by atoms with van der Waals surface area (Å²) in [6.45, 7) is 2.16. The second kappa shape index (κ2) is 9.26. The first-order valence-corrected chi connectivity index (χ1v) is 10.0. The molecular weight excluding hydrogens is 390 g/mol. The fourth-order valence-corrected chi connectivity index (χ4v) is 3.46. The standard InChI is InChI=1S/C25H23N3O3/c1-3-19(16-24(29)31-17-18-8-5-4-6-9-18)23-15-20-14-21(30-2)10-11-22(20)28(23)25-26-12-7-13-27-25/h3-15H,16-17H2,1-2H3/b19-3+. The van der Waals surface area contributed by atoms with Crippen LogP contribution in [0.4, 0.5) is 0 Å². The molecule has 0 unspecified atom stereocenters. The van der Waals surface area contributed by atoms with Gasteiger partial charge in [0.15, 0.2) is 0 Å². The van der Waals surface area contributed by atoms with Gasteiger partial charge in [0.25, 0.3) is 0 Å². The molecule has 6 nitrogen and oxygen atoms in total. The van der Waals surface area contributed by atoms with E-state index in [9.17, 15) is 4.79 Å². The third kappa shape index (κ3) is 4.48. The van der Waals surface area contributed by atoms with Crippen LogP contribution < -0.4 is 4.74 Å². The minimum Gasteiger partial charge on any atom is -0.497 e. The van der Waals surface area contributed by atoms with Crippen molar-refractivity contribution in [1.82, 2.24) is 14.5 Å². The average Bonchev–Trinajstić information content (AvgIpc) is 3.20. The summed E-state index contributed by atoms with van der Waals surface area (Å²) >= 11 is 0. The van der Waals surface area contributed by atoms with Crippen LogP contribution in [-0.4, -0.2) is 27.6 Å². The zero-order chi connectivity index (χ0) is 21.6. The van der Waals surface area contributed by atoms with Gasteiger partial charge in [-0.3, -0.25) is 9.36 Å². The number of hydrogen-bond acceptors (Lipinski definition) is 5. The topological polar surface area (TPSA) is 66.2 Å². The number of fused-ring (bicyclic) bond motifs is 1. The van der Waals surface area contributed by atoms with Crippen molar-refractivity contribution in [3.05, 3.63) is 90.4 Å². The van der Waals surface area contributed by atoms with Crippen molar-refractivity contribution in [2.24, 2.45) is 0 Å². The Morgan fingerprint density at radius 2 is 1.81 bits per heavy atom. The third-order valence-electron chi connectivity index (χ3n) is 5.02. The van der Waals surface area contributed by atoms with Gasteiger partial charge in [-0.05, 0) is 48.4 Å². The summed E-state index contributed by atoms with van der Waals surface area (Å²) in [5.74, 6) is 1.00. The lowest BCUT2D eigenvalue weighted by atomic mass is 10.1. The first-order valence-electron chi connectivity index (χ1n) is 10.0. The summed E-state index contributed by atoms with van der Waals surface area (Å²) in [6.07, 6.45) is 5.47. The number of benzene rings is 2. The SMILES string of the molecule is C/C=C(\CC(=O)OCc1ccccc1)c1cc2cc(OC)ccc2n1-c1ncccn1. The summed E-state index contributed by atoms with van der Waals surface area (Å²) in [4.78, 5) is 21.4. The number of nitrogens with zero attached hydrogens (tertiary/aromatic N) is 3. The van der Waals surface area contributed by atoms with E-state index in [0.29, 0.717) is 5.95 Å². The van der Waals surface area contributed by atoms with Crippen molar-refractivity contribution in [2.75, 3.05) is 7.11 Å². The largest absolute Gasteiger partial charge is 0.497 e. The fraction of sp³-hybridized carbons (Fsp3) is 0.160. The molecule has 6 heteroatoms. The maximum absolute atomic E-state index is 12.6.